The Morgan fingerprint density at radius 2 is 1.59 bits per heavy atom. The van der Waals surface area contributed by atoms with Crippen molar-refractivity contribution in [1.82, 2.24) is 5.32 Å². The van der Waals surface area contributed by atoms with Gasteiger partial charge in [0.15, 0.2) is 5.78 Å². The lowest BCUT2D eigenvalue weighted by atomic mass is 9.99. The third-order valence-corrected chi connectivity index (χ3v) is 3.83. The van der Waals surface area contributed by atoms with Crippen molar-refractivity contribution < 1.29 is 4.79 Å². The molecule has 0 aromatic heterocycles. The maximum atomic E-state index is 11.9. The van der Waals surface area contributed by atoms with Crippen LogP contribution in [0.25, 0.3) is 0 Å². The molecule has 1 unspecified atom stereocenters. The number of nitrogens with zero attached hydrogens (tertiary/aromatic N) is 2. The van der Waals surface area contributed by atoms with E-state index >= 15 is 0 Å². The van der Waals surface area contributed by atoms with Crippen LogP contribution in [-0.2, 0) is 4.79 Å². The van der Waals surface area contributed by atoms with Crippen LogP contribution in [0.3, 0.4) is 0 Å². The number of hydrogen-bond donors (Lipinski definition) is 1. The molecule has 4 nitrogen and oxygen atoms in total. The lowest BCUT2D eigenvalue weighted by Gasteiger charge is -2.08. The molecule has 4 heteroatoms. The van der Waals surface area contributed by atoms with E-state index in [1.54, 1.807) is 0 Å². The van der Waals surface area contributed by atoms with Crippen LogP contribution >= 0.6 is 0 Å². The highest BCUT2D eigenvalue weighted by atomic mass is 16.1. The van der Waals surface area contributed by atoms with Crippen LogP contribution < -0.4 is 5.32 Å². The van der Waals surface area contributed by atoms with E-state index in [2.05, 4.69) is 18.3 Å². The van der Waals surface area contributed by atoms with Crippen molar-refractivity contribution in [3.8, 4) is 12.1 Å². The van der Waals surface area contributed by atoms with Crippen molar-refractivity contribution in [2.45, 2.75) is 77.6 Å². The average molecular weight is 305 g/mol. The molecular formula is C18H31N3O. The summed E-state index contributed by atoms with van der Waals surface area (Å²) in [5, 5.41) is 20.4. The molecule has 0 bridgehead atoms. The highest BCUT2D eigenvalue weighted by molar-refractivity contribution is 5.83. The second kappa shape index (κ2) is 16.0. The zero-order valence-corrected chi connectivity index (χ0v) is 14.1. The van der Waals surface area contributed by atoms with Crippen LogP contribution in [0.15, 0.2) is 0 Å². The molecule has 0 saturated carbocycles. The second-order valence-electron chi connectivity index (χ2n) is 5.84. The predicted molar refractivity (Wildman–Crippen MR) is 89.1 cm³/mol. The average Bonchev–Trinajstić information content (AvgIpc) is 2.53. The van der Waals surface area contributed by atoms with E-state index in [1.807, 2.05) is 6.07 Å². The van der Waals surface area contributed by atoms with Gasteiger partial charge in [-0.25, -0.2) is 0 Å². The van der Waals surface area contributed by atoms with Crippen LogP contribution in [0.2, 0.25) is 0 Å². The summed E-state index contributed by atoms with van der Waals surface area (Å²) in [5.74, 6) is -0.525. The topological polar surface area (TPSA) is 76.7 Å². The summed E-state index contributed by atoms with van der Waals surface area (Å²) in [6, 6.07) is 4.09. The lowest BCUT2D eigenvalue weighted by molar-refractivity contribution is -0.121. The van der Waals surface area contributed by atoms with Gasteiger partial charge < -0.3 is 5.32 Å². The van der Waals surface area contributed by atoms with E-state index in [9.17, 15) is 4.79 Å². The monoisotopic (exact) mass is 305 g/mol. The van der Waals surface area contributed by atoms with Gasteiger partial charge in [-0.05, 0) is 6.42 Å². The quantitative estimate of drug-likeness (QED) is 0.462. The summed E-state index contributed by atoms with van der Waals surface area (Å²) in [7, 11) is 0. The minimum absolute atomic E-state index is 0.0369. The van der Waals surface area contributed by atoms with Crippen molar-refractivity contribution >= 4 is 5.78 Å². The van der Waals surface area contributed by atoms with Crippen molar-refractivity contribution in [3.05, 3.63) is 0 Å². The normalized spacial score (nSPS) is 11.6. The molecule has 0 saturated heterocycles. The number of ketones is 1. The van der Waals surface area contributed by atoms with E-state index in [0.29, 0.717) is 25.9 Å². The van der Waals surface area contributed by atoms with E-state index < -0.39 is 5.92 Å². The summed E-state index contributed by atoms with van der Waals surface area (Å²) < 4.78 is 0. The largest absolute Gasteiger partial charge is 0.314 e. The highest BCUT2D eigenvalue weighted by Crippen LogP contribution is 2.12. The van der Waals surface area contributed by atoms with Crippen molar-refractivity contribution in [2.24, 2.45) is 5.92 Å². The molecule has 0 aromatic carbocycles. The Balaban J connectivity index is 3.53. The maximum Gasteiger partial charge on any atom is 0.151 e. The van der Waals surface area contributed by atoms with Crippen LogP contribution in [-0.4, -0.2) is 18.9 Å². The summed E-state index contributed by atoms with van der Waals surface area (Å²) in [6.07, 6.45) is 11.9. The fourth-order valence-electron chi connectivity index (χ4n) is 2.41. The van der Waals surface area contributed by atoms with Gasteiger partial charge in [0.25, 0.3) is 0 Å². The van der Waals surface area contributed by atoms with Crippen LogP contribution in [0, 0.1) is 28.6 Å². The van der Waals surface area contributed by atoms with Crippen LogP contribution in [0.5, 0.6) is 0 Å². The van der Waals surface area contributed by atoms with Gasteiger partial charge >= 0.3 is 0 Å². The molecule has 22 heavy (non-hydrogen) atoms. The Hall–Kier alpha value is -1.39. The van der Waals surface area contributed by atoms with Crippen molar-refractivity contribution in [1.29, 1.82) is 10.5 Å². The first kappa shape index (κ1) is 20.6. The standard InChI is InChI=1S/C18H31N3O/c1-2-3-4-5-6-7-8-9-10-12-18(22)17(15-20)16-21-14-11-13-19/h17,21H,2-12,14,16H2,1H3. The van der Waals surface area contributed by atoms with Gasteiger partial charge in [0.1, 0.15) is 5.92 Å². The molecule has 124 valence electrons. The number of carbonyl (C=O) groups excluding carboxylic acids is 1. The zero-order valence-electron chi connectivity index (χ0n) is 14.1. The molecule has 0 rings (SSSR count). The minimum atomic E-state index is -0.562. The van der Waals surface area contributed by atoms with Crippen molar-refractivity contribution in [2.75, 3.05) is 13.1 Å². The Morgan fingerprint density at radius 1 is 1.00 bits per heavy atom. The smallest absolute Gasteiger partial charge is 0.151 e. The Morgan fingerprint density at radius 3 is 2.14 bits per heavy atom. The first-order chi connectivity index (χ1) is 10.8. The molecule has 0 radical (unpaired) electrons. The first-order valence-electron chi connectivity index (χ1n) is 8.76. The van der Waals surface area contributed by atoms with Gasteiger partial charge in [0, 0.05) is 25.9 Å². The van der Waals surface area contributed by atoms with Crippen LogP contribution in [0.4, 0.5) is 0 Å². The molecule has 0 fully saturated rings. The zero-order chi connectivity index (χ0) is 16.5. The summed E-state index contributed by atoms with van der Waals surface area (Å²) in [6.45, 7) is 3.14. The molecule has 0 heterocycles. The van der Waals surface area contributed by atoms with Gasteiger partial charge in [-0.15, -0.1) is 0 Å². The molecule has 1 N–H and O–H groups in total. The SMILES string of the molecule is CCCCCCCCCCCC(=O)C(C#N)CNCCC#N. The van der Waals surface area contributed by atoms with E-state index in [0.717, 1.165) is 12.8 Å². The summed E-state index contributed by atoms with van der Waals surface area (Å²) >= 11 is 0. The Bertz CT molecular complexity index is 354. The third kappa shape index (κ3) is 12.4. The lowest BCUT2D eigenvalue weighted by Crippen LogP contribution is -2.28. The van der Waals surface area contributed by atoms with Gasteiger partial charge in [-0.3, -0.25) is 4.79 Å². The number of nitriles is 2. The van der Waals surface area contributed by atoms with E-state index in [4.69, 9.17) is 10.5 Å². The third-order valence-electron chi connectivity index (χ3n) is 3.83. The number of rotatable bonds is 15. The minimum Gasteiger partial charge on any atom is -0.314 e. The molecule has 0 aliphatic carbocycles. The molecule has 0 aromatic rings. The van der Waals surface area contributed by atoms with Gasteiger partial charge in [-0.1, -0.05) is 58.3 Å². The fourth-order valence-corrected chi connectivity index (χ4v) is 2.41. The number of carbonyl (C=O) groups is 1. The molecule has 1 atom stereocenters. The molecule has 0 spiro atoms. The number of unbranched alkanes of at least 4 members (excludes halogenated alkanes) is 8. The van der Waals surface area contributed by atoms with E-state index in [1.165, 1.54) is 44.9 Å². The van der Waals surface area contributed by atoms with Gasteiger partial charge in [0.2, 0.25) is 0 Å². The fraction of sp³-hybridized carbons (Fsp3) is 0.833. The highest BCUT2D eigenvalue weighted by Gasteiger charge is 2.16. The van der Waals surface area contributed by atoms with Gasteiger partial charge in [-0.2, -0.15) is 10.5 Å². The van der Waals surface area contributed by atoms with Gasteiger partial charge in [0.05, 0.1) is 12.1 Å². The Kier molecular flexibility index (Phi) is 15.0. The first-order valence-corrected chi connectivity index (χ1v) is 8.76. The number of nitrogens with one attached hydrogen (secondary N) is 1. The predicted octanol–water partition coefficient (Wildman–Crippen LogP) is 4.12. The second-order valence-corrected chi connectivity index (χ2v) is 5.84. The summed E-state index contributed by atoms with van der Waals surface area (Å²) in [5.41, 5.74) is 0. The van der Waals surface area contributed by atoms with Crippen LogP contribution in [0.1, 0.15) is 77.6 Å². The van der Waals surface area contributed by atoms with Crippen molar-refractivity contribution in [3.63, 3.8) is 0 Å². The molecule has 0 amide bonds. The molecule has 0 aliphatic heterocycles. The maximum absolute atomic E-state index is 11.9. The van der Waals surface area contributed by atoms with E-state index in [-0.39, 0.29) is 5.78 Å². The molecule has 0 aliphatic rings. The summed E-state index contributed by atoms with van der Waals surface area (Å²) in [4.78, 5) is 11.9. The number of Topliss-reactive ketones (excluding diaryl/α,β-unsaturated/α-hetero) is 1. The number of hydrogen-bond acceptors (Lipinski definition) is 4. The molecular weight excluding hydrogens is 274 g/mol. The Labute approximate surface area is 135 Å².